The Morgan fingerprint density at radius 3 is 2.33 bits per heavy atom. The van der Waals surface area contributed by atoms with Gasteiger partial charge in [0.05, 0.1) is 40.6 Å². The first-order valence-electron chi connectivity index (χ1n) is 11.5. The van der Waals surface area contributed by atoms with Crippen molar-refractivity contribution >= 4 is 17.9 Å². The van der Waals surface area contributed by atoms with E-state index in [1.165, 1.54) is 24.3 Å². The van der Waals surface area contributed by atoms with Gasteiger partial charge in [-0.1, -0.05) is 24.3 Å². The lowest BCUT2D eigenvalue weighted by atomic mass is 10.1. The molecule has 4 rings (SSSR count). The molecule has 0 radical (unpaired) electrons. The van der Waals surface area contributed by atoms with Gasteiger partial charge in [-0.05, 0) is 65.9 Å². The Balaban J connectivity index is 1.65. The highest BCUT2D eigenvalue weighted by molar-refractivity contribution is 5.90. The molecule has 0 unspecified atom stereocenters. The van der Waals surface area contributed by atoms with E-state index in [1.54, 1.807) is 39.5 Å². The molecule has 0 saturated heterocycles. The Morgan fingerprint density at radius 2 is 1.58 bits per heavy atom. The van der Waals surface area contributed by atoms with Gasteiger partial charge < -0.3 is 23.7 Å². The largest absolute Gasteiger partial charge is 0.493 e. The minimum Gasteiger partial charge on any atom is -0.493 e. The zero-order valence-corrected chi connectivity index (χ0v) is 20.8. The highest BCUT2D eigenvalue weighted by Gasteiger charge is 2.20. The molecule has 3 aromatic carbocycles. The van der Waals surface area contributed by atoms with Gasteiger partial charge in [0.25, 0.3) is 0 Å². The first-order valence-corrected chi connectivity index (χ1v) is 11.5. The minimum atomic E-state index is -0.559. The van der Waals surface area contributed by atoms with Crippen molar-refractivity contribution in [2.75, 3.05) is 28.4 Å². The molecule has 7 heteroatoms. The fourth-order valence-corrected chi connectivity index (χ4v) is 4.16. The van der Waals surface area contributed by atoms with Crippen LogP contribution in [-0.4, -0.2) is 40.6 Å². The number of methoxy groups -OCH3 is 4. The summed E-state index contributed by atoms with van der Waals surface area (Å²) in [6.45, 7) is 0. The van der Waals surface area contributed by atoms with Gasteiger partial charge in [-0.3, -0.25) is 4.99 Å². The van der Waals surface area contributed by atoms with Gasteiger partial charge in [0, 0.05) is 11.8 Å². The molecule has 0 amide bonds. The smallest absolute Gasteiger partial charge is 0.334 e. The third-order valence-electron chi connectivity index (χ3n) is 6.03. The molecule has 0 bridgehead atoms. The lowest BCUT2D eigenvalue weighted by molar-refractivity contribution is -0.134. The number of hydrogen-bond acceptors (Lipinski definition) is 7. The average Bonchev–Trinajstić information content (AvgIpc) is 3.34. The maximum atomic E-state index is 12.1. The second-order valence-corrected chi connectivity index (χ2v) is 8.15. The molecule has 0 aromatic heterocycles. The monoisotopic (exact) mass is 487 g/mol. The summed E-state index contributed by atoms with van der Waals surface area (Å²) >= 11 is 0. The fraction of sp³-hybridized carbons (Fsp3) is 0.241. The van der Waals surface area contributed by atoms with Crippen LogP contribution in [0.2, 0.25) is 0 Å². The lowest BCUT2D eigenvalue weighted by Gasteiger charge is -2.15. The normalized spacial score (nSPS) is 14.9. The molecule has 0 saturated carbocycles. The van der Waals surface area contributed by atoms with E-state index in [0.29, 0.717) is 28.6 Å². The van der Waals surface area contributed by atoms with E-state index >= 15 is 0 Å². The number of ether oxygens (including phenoxy) is 5. The molecule has 0 aliphatic heterocycles. The van der Waals surface area contributed by atoms with Crippen LogP contribution in [0.3, 0.4) is 0 Å². The maximum Gasteiger partial charge on any atom is 0.334 e. The SMILES string of the molecule is COC(=O)/C=C(\Oc1cc(C=N[C@@H]2CCc3ccccc32)ccc1OC)c1ccc(OC)c(OC)c1. The van der Waals surface area contributed by atoms with Crippen LogP contribution >= 0.6 is 0 Å². The number of benzene rings is 3. The second-order valence-electron chi connectivity index (χ2n) is 8.15. The van der Waals surface area contributed by atoms with Crippen LogP contribution in [-0.2, 0) is 16.0 Å². The van der Waals surface area contributed by atoms with Gasteiger partial charge in [-0.15, -0.1) is 0 Å². The Morgan fingerprint density at radius 1 is 0.861 bits per heavy atom. The molecule has 0 heterocycles. The Hall–Kier alpha value is -4.26. The molecule has 1 atom stereocenters. The molecule has 1 aliphatic carbocycles. The predicted molar refractivity (Wildman–Crippen MR) is 138 cm³/mol. The Bertz CT molecular complexity index is 1300. The molecule has 1 aliphatic rings. The first kappa shape index (κ1) is 24.9. The van der Waals surface area contributed by atoms with Crippen LogP contribution in [0.1, 0.15) is 34.7 Å². The molecule has 0 fully saturated rings. The Kier molecular flexibility index (Phi) is 7.90. The fourth-order valence-electron chi connectivity index (χ4n) is 4.16. The van der Waals surface area contributed by atoms with Gasteiger partial charge in [-0.25, -0.2) is 4.79 Å². The van der Waals surface area contributed by atoms with Gasteiger partial charge in [0.15, 0.2) is 23.0 Å². The van der Waals surface area contributed by atoms with Crippen LogP contribution in [0.5, 0.6) is 23.0 Å². The van der Waals surface area contributed by atoms with Gasteiger partial charge in [0.1, 0.15) is 5.76 Å². The molecule has 0 N–H and O–H groups in total. The highest BCUT2D eigenvalue weighted by Crippen LogP contribution is 2.36. The van der Waals surface area contributed by atoms with Crippen LogP contribution < -0.4 is 18.9 Å². The number of carbonyl (C=O) groups is 1. The van der Waals surface area contributed by atoms with Crippen molar-refractivity contribution < 1.29 is 28.5 Å². The third kappa shape index (κ3) is 5.51. The summed E-state index contributed by atoms with van der Waals surface area (Å²) < 4.78 is 27.3. The second kappa shape index (κ2) is 11.4. The molecule has 0 spiro atoms. The zero-order valence-electron chi connectivity index (χ0n) is 20.8. The van der Waals surface area contributed by atoms with Crippen molar-refractivity contribution in [3.63, 3.8) is 0 Å². The van der Waals surface area contributed by atoms with Crippen molar-refractivity contribution in [2.45, 2.75) is 18.9 Å². The lowest BCUT2D eigenvalue weighted by Crippen LogP contribution is -2.04. The number of fused-ring (bicyclic) bond motifs is 1. The van der Waals surface area contributed by atoms with E-state index in [0.717, 1.165) is 18.4 Å². The van der Waals surface area contributed by atoms with Gasteiger partial charge in [-0.2, -0.15) is 0 Å². The Labute approximate surface area is 210 Å². The standard InChI is InChI=1S/C29H29NO6/c1-32-24-14-11-21(16-27(24)34-3)26(17-29(31)35-4)36-28-15-19(9-13-25(28)33-2)18-30-23-12-10-20-7-5-6-8-22(20)23/h5-9,11,13-18,23H,10,12H2,1-4H3/b26-17-,30-18?/t23-/m1/s1. The number of aliphatic imine (C=N–C) groups is 1. The van der Waals surface area contributed by atoms with E-state index < -0.39 is 5.97 Å². The van der Waals surface area contributed by atoms with E-state index in [-0.39, 0.29) is 11.8 Å². The molecular formula is C29H29NO6. The zero-order chi connectivity index (χ0) is 25.5. The van der Waals surface area contributed by atoms with E-state index in [2.05, 4.69) is 24.3 Å². The molecule has 7 nitrogen and oxygen atoms in total. The third-order valence-corrected chi connectivity index (χ3v) is 6.03. The van der Waals surface area contributed by atoms with Crippen LogP contribution in [0, 0.1) is 0 Å². The van der Waals surface area contributed by atoms with Crippen molar-refractivity contribution in [3.05, 3.63) is 89.0 Å². The summed E-state index contributed by atoms with van der Waals surface area (Å²) in [4.78, 5) is 17.0. The average molecular weight is 488 g/mol. The van der Waals surface area contributed by atoms with Crippen molar-refractivity contribution in [3.8, 4) is 23.0 Å². The number of nitrogens with zero attached hydrogens (tertiary/aromatic N) is 1. The highest BCUT2D eigenvalue weighted by atomic mass is 16.5. The van der Waals surface area contributed by atoms with Crippen molar-refractivity contribution in [1.82, 2.24) is 0 Å². The summed E-state index contributed by atoms with van der Waals surface area (Å²) in [5.41, 5.74) is 4.07. The quantitative estimate of drug-likeness (QED) is 0.174. The summed E-state index contributed by atoms with van der Waals surface area (Å²) in [6, 6.07) is 19.3. The summed E-state index contributed by atoms with van der Waals surface area (Å²) in [5, 5.41) is 0. The number of esters is 1. The molecule has 36 heavy (non-hydrogen) atoms. The number of carbonyl (C=O) groups excluding carboxylic acids is 1. The van der Waals surface area contributed by atoms with Crippen LogP contribution in [0.15, 0.2) is 71.7 Å². The summed E-state index contributed by atoms with van der Waals surface area (Å²) in [7, 11) is 5.97. The van der Waals surface area contributed by atoms with E-state index in [4.69, 9.17) is 28.7 Å². The predicted octanol–water partition coefficient (Wildman–Crippen LogP) is 5.41. The van der Waals surface area contributed by atoms with Crippen LogP contribution in [0.4, 0.5) is 0 Å². The van der Waals surface area contributed by atoms with Crippen molar-refractivity contribution in [2.24, 2.45) is 4.99 Å². The van der Waals surface area contributed by atoms with E-state index in [1.807, 2.05) is 24.4 Å². The number of hydrogen-bond donors (Lipinski definition) is 0. The van der Waals surface area contributed by atoms with Gasteiger partial charge in [0.2, 0.25) is 0 Å². The number of aryl methyl sites for hydroxylation is 1. The molecular weight excluding hydrogens is 458 g/mol. The summed E-state index contributed by atoms with van der Waals surface area (Å²) in [5.74, 6) is 1.70. The topological polar surface area (TPSA) is 75.6 Å². The molecule has 3 aromatic rings. The van der Waals surface area contributed by atoms with E-state index in [9.17, 15) is 4.79 Å². The summed E-state index contributed by atoms with van der Waals surface area (Å²) in [6.07, 6.45) is 5.14. The molecule has 186 valence electrons. The van der Waals surface area contributed by atoms with Crippen molar-refractivity contribution in [1.29, 1.82) is 0 Å². The minimum absolute atomic E-state index is 0.134. The maximum absolute atomic E-state index is 12.1. The van der Waals surface area contributed by atoms with Gasteiger partial charge >= 0.3 is 5.97 Å². The number of rotatable bonds is 9. The van der Waals surface area contributed by atoms with Crippen LogP contribution in [0.25, 0.3) is 5.76 Å². The first-order chi connectivity index (χ1) is 17.6.